The van der Waals surface area contributed by atoms with Gasteiger partial charge < -0.3 is 14.3 Å². The highest BCUT2D eigenvalue weighted by Gasteiger charge is 2.25. The summed E-state index contributed by atoms with van der Waals surface area (Å²) in [5.41, 5.74) is 12.3. The third kappa shape index (κ3) is 5.93. The Bertz CT molecular complexity index is 3880. The van der Waals surface area contributed by atoms with Gasteiger partial charge in [0.2, 0.25) is 0 Å². The fourth-order valence-corrected chi connectivity index (χ4v) is 9.76. The summed E-state index contributed by atoms with van der Waals surface area (Å²) in [7, 11) is 0. The minimum atomic E-state index is -0.376. The number of aliphatic imine (C=N–C) groups is 2. The second-order valence-electron chi connectivity index (χ2n) is 16.6. The molecule has 0 saturated heterocycles. The predicted molar refractivity (Wildman–Crippen MR) is 266 cm³/mol. The Morgan fingerprint density at radius 1 is 0.422 bits per heavy atom. The van der Waals surface area contributed by atoms with Gasteiger partial charge in [-0.25, -0.2) is 9.98 Å². The van der Waals surface area contributed by atoms with E-state index in [9.17, 15) is 0 Å². The van der Waals surface area contributed by atoms with E-state index in [1.165, 1.54) is 26.9 Å². The normalized spacial score (nSPS) is 14.1. The number of hydrogen-bond acceptors (Lipinski definition) is 4. The van der Waals surface area contributed by atoms with Crippen molar-refractivity contribution in [3.8, 4) is 27.9 Å². The fraction of sp³-hybridized carbons (Fsp3) is 0.0169. The van der Waals surface area contributed by atoms with Crippen LogP contribution in [0.15, 0.2) is 233 Å². The Kier molecular flexibility index (Phi) is 8.21. The van der Waals surface area contributed by atoms with Crippen molar-refractivity contribution in [3.05, 3.63) is 235 Å². The Labute approximate surface area is 368 Å². The summed E-state index contributed by atoms with van der Waals surface area (Å²) in [6.45, 7) is 0. The molecule has 0 aliphatic carbocycles. The number of amidine groups is 2. The van der Waals surface area contributed by atoms with E-state index in [1.807, 2.05) is 6.07 Å². The van der Waals surface area contributed by atoms with Crippen LogP contribution in [-0.4, -0.2) is 16.2 Å². The highest BCUT2D eigenvalue weighted by atomic mass is 16.3. The van der Waals surface area contributed by atoms with Crippen LogP contribution in [-0.2, 0) is 0 Å². The lowest BCUT2D eigenvalue weighted by atomic mass is 9.93. The molecule has 5 heteroatoms. The van der Waals surface area contributed by atoms with Crippen LogP contribution in [0.2, 0.25) is 0 Å². The van der Waals surface area contributed by atoms with Crippen molar-refractivity contribution in [1.82, 2.24) is 9.88 Å². The zero-order valence-corrected chi connectivity index (χ0v) is 34.6. The van der Waals surface area contributed by atoms with Crippen molar-refractivity contribution in [2.75, 3.05) is 0 Å². The maximum absolute atomic E-state index is 6.69. The Balaban J connectivity index is 1.09. The van der Waals surface area contributed by atoms with E-state index in [1.54, 1.807) is 0 Å². The minimum Gasteiger partial charge on any atom is -0.456 e. The lowest BCUT2D eigenvalue weighted by Crippen LogP contribution is -2.33. The van der Waals surface area contributed by atoms with E-state index in [2.05, 4.69) is 222 Å². The fourth-order valence-electron chi connectivity index (χ4n) is 9.76. The van der Waals surface area contributed by atoms with Crippen LogP contribution >= 0.6 is 0 Å². The maximum atomic E-state index is 6.69. The smallest absolute Gasteiger partial charge is 0.160 e. The number of furan rings is 1. The molecule has 13 rings (SSSR count). The molecular weight excluding hydrogens is 781 g/mol. The number of aromatic nitrogens is 1. The van der Waals surface area contributed by atoms with Crippen LogP contribution in [0.3, 0.4) is 0 Å². The van der Waals surface area contributed by atoms with Crippen LogP contribution in [0, 0.1) is 0 Å². The lowest BCUT2D eigenvalue weighted by Gasteiger charge is -2.25. The summed E-state index contributed by atoms with van der Waals surface area (Å²) < 4.78 is 9.10. The van der Waals surface area contributed by atoms with Crippen molar-refractivity contribution < 1.29 is 4.42 Å². The predicted octanol–water partition coefficient (Wildman–Crippen LogP) is 14.8. The first-order valence-electron chi connectivity index (χ1n) is 21.8. The number of nitrogens with one attached hydrogen (secondary N) is 1. The highest BCUT2D eigenvalue weighted by molar-refractivity contribution is 6.20. The van der Waals surface area contributed by atoms with Crippen molar-refractivity contribution in [3.63, 3.8) is 0 Å². The largest absolute Gasteiger partial charge is 0.456 e. The van der Waals surface area contributed by atoms with Gasteiger partial charge in [-0.3, -0.25) is 0 Å². The van der Waals surface area contributed by atoms with Crippen molar-refractivity contribution in [1.29, 1.82) is 0 Å². The monoisotopic (exact) mass is 818 g/mol. The third-order valence-electron chi connectivity index (χ3n) is 12.8. The molecule has 1 aliphatic rings. The first kappa shape index (κ1) is 36.1. The zero-order valence-electron chi connectivity index (χ0n) is 34.6. The van der Waals surface area contributed by atoms with Gasteiger partial charge in [-0.15, -0.1) is 0 Å². The highest BCUT2D eigenvalue weighted by Crippen LogP contribution is 2.42. The molecule has 2 aromatic heterocycles. The Morgan fingerprint density at radius 3 is 1.89 bits per heavy atom. The SMILES string of the molecule is c1ccc(-c2cccc(C3=NC(c4ccc(-n5c6ccccc6c6cc7ccccc7cc65)cc4-c4cccc5oc6cc7ccccc7cc6c45)=NC(c4ccccc4)N3)c2)cc1. The molecule has 1 unspecified atom stereocenters. The van der Waals surface area contributed by atoms with Crippen LogP contribution in [0.1, 0.15) is 22.9 Å². The summed E-state index contributed by atoms with van der Waals surface area (Å²) >= 11 is 0. The average Bonchev–Trinajstić information content (AvgIpc) is 3.89. The molecule has 1 N–H and O–H groups in total. The van der Waals surface area contributed by atoms with Crippen LogP contribution < -0.4 is 5.32 Å². The number of para-hydroxylation sites is 1. The summed E-state index contributed by atoms with van der Waals surface area (Å²) in [4.78, 5) is 10.9. The second kappa shape index (κ2) is 14.5. The number of hydrogen-bond donors (Lipinski definition) is 1. The molecule has 0 saturated carbocycles. The summed E-state index contributed by atoms with van der Waals surface area (Å²) in [6.07, 6.45) is -0.376. The Hall–Kier alpha value is -8.54. The molecule has 0 radical (unpaired) electrons. The summed E-state index contributed by atoms with van der Waals surface area (Å²) in [5.74, 6) is 1.41. The van der Waals surface area contributed by atoms with E-state index in [0.29, 0.717) is 5.84 Å². The van der Waals surface area contributed by atoms with Gasteiger partial charge in [0, 0.05) is 38.4 Å². The van der Waals surface area contributed by atoms with Gasteiger partial charge in [0.1, 0.15) is 23.2 Å². The van der Waals surface area contributed by atoms with Gasteiger partial charge in [0.15, 0.2) is 5.84 Å². The molecule has 0 fully saturated rings. The van der Waals surface area contributed by atoms with Crippen molar-refractivity contribution >= 4 is 77.0 Å². The van der Waals surface area contributed by atoms with E-state index >= 15 is 0 Å². The lowest BCUT2D eigenvalue weighted by molar-refractivity contribution is 0.669. The molecule has 3 heterocycles. The van der Waals surface area contributed by atoms with Gasteiger partial charge in [0.05, 0.1) is 11.0 Å². The van der Waals surface area contributed by atoms with Gasteiger partial charge in [0.25, 0.3) is 0 Å². The summed E-state index contributed by atoms with van der Waals surface area (Å²) in [6, 6.07) is 77.6. The first-order chi connectivity index (χ1) is 31.7. The number of rotatable bonds is 6. The zero-order chi connectivity index (χ0) is 42.1. The molecule has 0 amide bonds. The average molecular weight is 819 g/mol. The molecule has 0 bridgehead atoms. The molecule has 12 aromatic rings. The molecule has 0 spiro atoms. The quantitative estimate of drug-likeness (QED) is 0.182. The topological polar surface area (TPSA) is 54.8 Å². The molecule has 1 aliphatic heterocycles. The van der Waals surface area contributed by atoms with Gasteiger partial charge in [-0.05, 0) is 110 Å². The van der Waals surface area contributed by atoms with Gasteiger partial charge >= 0.3 is 0 Å². The van der Waals surface area contributed by atoms with Crippen LogP contribution in [0.5, 0.6) is 0 Å². The van der Waals surface area contributed by atoms with Crippen LogP contribution in [0.4, 0.5) is 0 Å². The third-order valence-corrected chi connectivity index (χ3v) is 12.8. The molecule has 10 aromatic carbocycles. The number of nitrogens with zero attached hydrogens (tertiary/aromatic N) is 3. The van der Waals surface area contributed by atoms with E-state index < -0.39 is 0 Å². The first-order valence-corrected chi connectivity index (χ1v) is 21.8. The number of fused-ring (bicyclic) bond motifs is 8. The molecule has 300 valence electrons. The van der Waals surface area contributed by atoms with Gasteiger partial charge in [-0.2, -0.15) is 0 Å². The Morgan fingerprint density at radius 2 is 1.08 bits per heavy atom. The number of benzene rings is 10. The molecule has 5 nitrogen and oxygen atoms in total. The molecular formula is C59H38N4O. The molecule has 1 atom stereocenters. The molecule has 64 heavy (non-hydrogen) atoms. The van der Waals surface area contributed by atoms with Crippen molar-refractivity contribution in [2.45, 2.75) is 6.17 Å². The summed E-state index contributed by atoms with van der Waals surface area (Å²) in [5, 5.41) is 13.0. The van der Waals surface area contributed by atoms with Gasteiger partial charge in [-0.1, -0.05) is 158 Å². The van der Waals surface area contributed by atoms with E-state index in [-0.39, 0.29) is 6.17 Å². The van der Waals surface area contributed by atoms with E-state index in [0.717, 1.165) is 88.8 Å². The maximum Gasteiger partial charge on any atom is 0.160 e. The second-order valence-corrected chi connectivity index (χ2v) is 16.6. The van der Waals surface area contributed by atoms with Crippen LogP contribution in [0.25, 0.3) is 93.2 Å². The van der Waals surface area contributed by atoms with Crippen molar-refractivity contribution in [2.24, 2.45) is 9.98 Å². The minimum absolute atomic E-state index is 0.376. The standard InChI is InChI=1S/C59H38N4O/c1-3-15-37(16-4-1)39-23-13-24-44(31-39)58-60-57(38-17-5-2-6-18-38)61-59(62-58)48-30-29-45(63-52-27-12-11-25-46(52)50-32-40-19-7-9-21-42(40)34-53(50)63)36-49(48)47-26-14-28-54-56(47)51-33-41-20-8-10-22-43(41)35-55(51)64-54/h1-36,57H,(H,60,61,62). The van der Waals surface area contributed by atoms with E-state index in [4.69, 9.17) is 14.4 Å².